The molecule has 0 radical (unpaired) electrons. The third-order valence-corrected chi connectivity index (χ3v) is 4.11. The average molecular weight is 345 g/mol. The van der Waals surface area contributed by atoms with E-state index in [0.29, 0.717) is 30.1 Å². The zero-order chi connectivity index (χ0) is 17.6. The van der Waals surface area contributed by atoms with E-state index in [1.807, 2.05) is 4.90 Å². The standard InChI is InChI=1S/C15H13F2N7O/c1-23-13-12(21-22-23)14(19-7-18-13)24-5-8(6-24)15(25)20-9-2-3-10(16)11(17)4-9/h2-4,7-8H,5-6H2,1H3,(H,20,25). The maximum absolute atomic E-state index is 13.2. The van der Waals surface area contributed by atoms with E-state index in [-0.39, 0.29) is 17.5 Å². The van der Waals surface area contributed by atoms with E-state index in [0.717, 1.165) is 12.1 Å². The quantitative estimate of drug-likeness (QED) is 0.765. The number of carbonyl (C=O) groups excluding carboxylic acids is 1. The Balaban J connectivity index is 1.44. The van der Waals surface area contributed by atoms with Crippen LogP contribution in [0.3, 0.4) is 0 Å². The summed E-state index contributed by atoms with van der Waals surface area (Å²) >= 11 is 0. The molecular weight excluding hydrogens is 332 g/mol. The minimum atomic E-state index is -1.00. The molecule has 1 amide bonds. The summed E-state index contributed by atoms with van der Waals surface area (Å²) in [5, 5.41) is 10.5. The summed E-state index contributed by atoms with van der Waals surface area (Å²) in [5.41, 5.74) is 1.41. The van der Waals surface area contributed by atoms with Crippen molar-refractivity contribution in [2.75, 3.05) is 23.3 Å². The molecule has 0 atom stereocenters. The van der Waals surface area contributed by atoms with Gasteiger partial charge in [-0.25, -0.2) is 23.4 Å². The highest BCUT2D eigenvalue weighted by Gasteiger charge is 2.35. The summed E-state index contributed by atoms with van der Waals surface area (Å²) in [6, 6.07) is 3.25. The zero-order valence-corrected chi connectivity index (χ0v) is 13.1. The van der Waals surface area contributed by atoms with Crippen molar-refractivity contribution in [3.8, 4) is 0 Å². The molecule has 10 heteroatoms. The number of nitrogens with zero attached hydrogens (tertiary/aromatic N) is 6. The van der Waals surface area contributed by atoms with E-state index in [1.165, 1.54) is 12.4 Å². The van der Waals surface area contributed by atoms with Gasteiger partial charge in [0, 0.05) is 31.9 Å². The second-order valence-corrected chi connectivity index (χ2v) is 5.80. The maximum Gasteiger partial charge on any atom is 0.231 e. The lowest BCUT2D eigenvalue weighted by Gasteiger charge is -2.38. The normalized spacial score (nSPS) is 14.6. The van der Waals surface area contributed by atoms with Crippen molar-refractivity contribution in [2.24, 2.45) is 13.0 Å². The molecule has 0 aliphatic carbocycles. The van der Waals surface area contributed by atoms with Gasteiger partial charge >= 0.3 is 0 Å². The molecule has 128 valence electrons. The highest BCUT2D eigenvalue weighted by molar-refractivity contribution is 5.95. The zero-order valence-electron chi connectivity index (χ0n) is 13.1. The Morgan fingerprint density at radius 3 is 2.80 bits per heavy atom. The summed E-state index contributed by atoms with van der Waals surface area (Å²) in [5.74, 6) is -1.87. The third-order valence-electron chi connectivity index (χ3n) is 4.11. The molecular formula is C15H13F2N7O. The van der Waals surface area contributed by atoms with Gasteiger partial charge in [0.05, 0.1) is 5.92 Å². The molecule has 1 saturated heterocycles. The van der Waals surface area contributed by atoms with Gasteiger partial charge in [0.1, 0.15) is 6.33 Å². The smallest absolute Gasteiger partial charge is 0.231 e. The van der Waals surface area contributed by atoms with Crippen LogP contribution in [-0.2, 0) is 11.8 Å². The van der Waals surface area contributed by atoms with Crippen LogP contribution in [0.15, 0.2) is 24.5 Å². The number of benzene rings is 1. The van der Waals surface area contributed by atoms with Crippen molar-refractivity contribution >= 4 is 28.6 Å². The van der Waals surface area contributed by atoms with Crippen LogP contribution < -0.4 is 10.2 Å². The van der Waals surface area contributed by atoms with Crippen LogP contribution in [0.1, 0.15) is 0 Å². The lowest BCUT2D eigenvalue weighted by atomic mass is 9.99. The van der Waals surface area contributed by atoms with Crippen LogP contribution in [0.4, 0.5) is 20.3 Å². The molecule has 0 bridgehead atoms. The monoisotopic (exact) mass is 345 g/mol. The number of carbonyl (C=O) groups is 1. The predicted molar refractivity (Wildman–Crippen MR) is 84.8 cm³/mol. The summed E-state index contributed by atoms with van der Waals surface area (Å²) in [4.78, 5) is 22.5. The van der Waals surface area contributed by atoms with Gasteiger partial charge < -0.3 is 10.2 Å². The molecule has 25 heavy (non-hydrogen) atoms. The van der Waals surface area contributed by atoms with Crippen molar-refractivity contribution in [3.05, 3.63) is 36.2 Å². The van der Waals surface area contributed by atoms with Crippen LogP contribution >= 0.6 is 0 Å². The number of rotatable bonds is 3. The van der Waals surface area contributed by atoms with Crippen molar-refractivity contribution < 1.29 is 13.6 Å². The Kier molecular flexibility index (Phi) is 3.52. The number of fused-ring (bicyclic) bond motifs is 1. The molecule has 1 N–H and O–H groups in total. The molecule has 1 aliphatic heterocycles. The Labute approximate surface area is 140 Å². The van der Waals surface area contributed by atoms with Crippen LogP contribution in [-0.4, -0.2) is 44.0 Å². The Morgan fingerprint density at radius 1 is 1.24 bits per heavy atom. The van der Waals surface area contributed by atoms with Gasteiger partial charge in [-0.2, -0.15) is 0 Å². The molecule has 2 aromatic heterocycles. The minimum absolute atomic E-state index is 0.223. The van der Waals surface area contributed by atoms with Gasteiger partial charge in [0.15, 0.2) is 28.6 Å². The van der Waals surface area contributed by atoms with Crippen molar-refractivity contribution in [3.63, 3.8) is 0 Å². The average Bonchev–Trinajstić information content (AvgIpc) is 2.92. The molecule has 0 unspecified atom stereocenters. The molecule has 3 aromatic rings. The molecule has 3 heterocycles. The second kappa shape index (κ2) is 5.72. The third kappa shape index (κ3) is 2.65. The summed E-state index contributed by atoms with van der Waals surface area (Å²) in [6.45, 7) is 0.885. The number of aromatic nitrogens is 5. The minimum Gasteiger partial charge on any atom is -0.353 e. The topological polar surface area (TPSA) is 88.8 Å². The number of hydrogen-bond acceptors (Lipinski definition) is 6. The maximum atomic E-state index is 13.2. The summed E-state index contributed by atoms with van der Waals surface area (Å²) < 4.78 is 27.7. The lowest BCUT2D eigenvalue weighted by molar-refractivity contribution is -0.120. The number of anilines is 2. The molecule has 1 aromatic carbocycles. The Hall–Kier alpha value is -3.17. The second-order valence-electron chi connectivity index (χ2n) is 5.80. The van der Waals surface area contributed by atoms with Crippen molar-refractivity contribution in [1.82, 2.24) is 25.0 Å². The molecule has 8 nitrogen and oxygen atoms in total. The highest BCUT2D eigenvalue weighted by Crippen LogP contribution is 2.28. The van der Waals surface area contributed by atoms with E-state index >= 15 is 0 Å². The van der Waals surface area contributed by atoms with E-state index in [9.17, 15) is 13.6 Å². The van der Waals surface area contributed by atoms with Crippen LogP contribution in [0, 0.1) is 17.6 Å². The van der Waals surface area contributed by atoms with E-state index in [1.54, 1.807) is 11.7 Å². The fraction of sp³-hybridized carbons (Fsp3) is 0.267. The number of nitrogens with one attached hydrogen (secondary N) is 1. The first-order valence-corrected chi connectivity index (χ1v) is 7.54. The van der Waals surface area contributed by atoms with Crippen LogP contribution in [0.2, 0.25) is 0 Å². The van der Waals surface area contributed by atoms with E-state index in [4.69, 9.17) is 0 Å². The molecule has 4 rings (SSSR count). The summed E-state index contributed by atoms with van der Waals surface area (Å²) in [7, 11) is 1.74. The van der Waals surface area contributed by atoms with Crippen LogP contribution in [0.5, 0.6) is 0 Å². The number of amides is 1. The number of hydrogen-bond donors (Lipinski definition) is 1. The van der Waals surface area contributed by atoms with Gasteiger partial charge in [-0.1, -0.05) is 5.21 Å². The van der Waals surface area contributed by atoms with Crippen molar-refractivity contribution in [1.29, 1.82) is 0 Å². The largest absolute Gasteiger partial charge is 0.353 e. The van der Waals surface area contributed by atoms with Crippen molar-refractivity contribution in [2.45, 2.75) is 0 Å². The Morgan fingerprint density at radius 2 is 2.04 bits per heavy atom. The number of aryl methyl sites for hydroxylation is 1. The summed E-state index contributed by atoms with van der Waals surface area (Å²) in [6.07, 6.45) is 1.43. The molecule has 1 aliphatic rings. The number of halogens is 2. The fourth-order valence-electron chi connectivity index (χ4n) is 2.71. The fourth-order valence-corrected chi connectivity index (χ4v) is 2.71. The van der Waals surface area contributed by atoms with Gasteiger partial charge in [0.25, 0.3) is 0 Å². The predicted octanol–water partition coefficient (Wildman–Crippen LogP) is 1.11. The molecule has 0 spiro atoms. The van der Waals surface area contributed by atoms with Gasteiger partial charge in [-0.3, -0.25) is 4.79 Å². The van der Waals surface area contributed by atoms with Gasteiger partial charge in [0.2, 0.25) is 5.91 Å². The first-order chi connectivity index (χ1) is 12.0. The highest BCUT2D eigenvalue weighted by atomic mass is 19.2. The SMILES string of the molecule is Cn1nnc2c(N3CC(C(=O)Nc4ccc(F)c(F)c4)C3)ncnc21. The van der Waals surface area contributed by atoms with Crippen LogP contribution in [0.25, 0.3) is 11.2 Å². The van der Waals surface area contributed by atoms with Gasteiger partial charge in [-0.05, 0) is 12.1 Å². The lowest BCUT2D eigenvalue weighted by Crippen LogP contribution is -2.52. The first-order valence-electron chi connectivity index (χ1n) is 7.54. The van der Waals surface area contributed by atoms with E-state index < -0.39 is 11.6 Å². The van der Waals surface area contributed by atoms with Gasteiger partial charge in [-0.15, -0.1) is 5.10 Å². The first kappa shape index (κ1) is 15.4. The molecule has 0 saturated carbocycles. The Bertz CT molecular complexity index is 968. The van der Waals surface area contributed by atoms with E-state index in [2.05, 4.69) is 25.6 Å². The molecule has 1 fully saturated rings.